The lowest BCUT2D eigenvalue weighted by molar-refractivity contribution is 0.0787. The number of rotatable bonds is 5. The Labute approximate surface area is 78.3 Å². The average Bonchev–Trinajstić information content (AvgIpc) is 1.82. The summed E-state index contributed by atoms with van der Waals surface area (Å²) in [7, 11) is 0. The molecule has 3 nitrogen and oxygen atoms in total. The first-order chi connectivity index (χ1) is 5.64. The molecule has 4 heteroatoms. The molecule has 0 aromatic rings. The fraction of sp³-hybridized carbons (Fsp3) is 1.00. The molecule has 1 aliphatic heterocycles. The zero-order valence-electron chi connectivity index (χ0n) is 7.76. The van der Waals surface area contributed by atoms with Gasteiger partial charge in [-0.15, -0.1) is 0 Å². The lowest BCUT2D eigenvalue weighted by atomic mass is 10.1. The van der Waals surface area contributed by atoms with E-state index in [1.54, 1.807) is 11.8 Å². The quantitative estimate of drug-likeness (QED) is 0.555. The van der Waals surface area contributed by atoms with Crippen molar-refractivity contribution < 1.29 is 5.11 Å². The van der Waals surface area contributed by atoms with Crippen LogP contribution >= 0.6 is 11.8 Å². The number of thioether (sulfide) groups is 1. The van der Waals surface area contributed by atoms with E-state index in [4.69, 9.17) is 0 Å². The van der Waals surface area contributed by atoms with Gasteiger partial charge in [0.2, 0.25) is 0 Å². The SMILES string of the molecule is CSCC(C)(O)CNC1CNC1. The first-order valence-corrected chi connectivity index (χ1v) is 5.69. The molecule has 0 spiro atoms. The van der Waals surface area contributed by atoms with Crippen LogP contribution in [0.15, 0.2) is 0 Å². The number of hydrogen-bond acceptors (Lipinski definition) is 4. The van der Waals surface area contributed by atoms with Crippen LogP contribution in [0.4, 0.5) is 0 Å². The second-order valence-electron chi connectivity index (χ2n) is 3.67. The average molecular weight is 190 g/mol. The predicted octanol–water partition coefficient (Wildman–Crippen LogP) is -0.338. The molecule has 12 heavy (non-hydrogen) atoms. The smallest absolute Gasteiger partial charge is 0.0833 e. The molecule has 1 fully saturated rings. The van der Waals surface area contributed by atoms with E-state index >= 15 is 0 Å². The van der Waals surface area contributed by atoms with E-state index in [9.17, 15) is 5.11 Å². The van der Waals surface area contributed by atoms with Crippen LogP contribution in [-0.2, 0) is 0 Å². The molecule has 0 radical (unpaired) electrons. The molecule has 1 aliphatic rings. The first kappa shape index (κ1) is 10.3. The van der Waals surface area contributed by atoms with Gasteiger partial charge in [0.25, 0.3) is 0 Å². The molecule has 0 bridgehead atoms. The topological polar surface area (TPSA) is 44.3 Å². The monoisotopic (exact) mass is 190 g/mol. The predicted molar refractivity (Wildman–Crippen MR) is 53.7 cm³/mol. The minimum absolute atomic E-state index is 0.561. The van der Waals surface area contributed by atoms with Crippen LogP contribution in [-0.4, -0.2) is 48.4 Å². The van der Waals surface area contributed by atoms with E-state index in [1.165, 1.54) is 0 Å². The highest BCUT2D eigenvalue weighted by Gasteiger charge is 2.23. The maximum Gasteiger partial charge on any atom is 0.0833 e. The summed E-state index contributed by atoms with van der Waals surface area (Å²) in [4.78, 5) is 0. The summed E-state index contributed by atoms with van der Waals surface area (Å²) in [5.41, 5.74) is -0.561. The largest absolute Gasteiger partial charge is 0.388 e. The van der Waals surface area contributed by atoms with Crippen molar-refractivity contribution in [3.05, 3.63) is 0 Å². The third kappa shape index (κ3) is 3.31. The van der Waals surface area contributed by atoms with Gasteiger partial charge in [-0.3, -0.25) is 0 Å². The zero-order valence-corrected chi connectivity index (χ0v) is 8.58. The molecule has 1 saturated heterocycles. The van der Waals surface area contributed by atoms with Crippen LogP contribution in [0.5, 0.6) is 0 Å². The summed E-state index contributed by atoms with van der Waals surface area (Å²) in [5.74, 6) is 0.792. The lowest BCUT2D eigenvalue weighted by Crippen LogP contribution is -2.58. The maximum atomic E-state index is 9.78. The van der Waals surface area contributed by atoms with E-state index in [0.29, 0.717) is 12.6 Å². The summed E-state index contributed by atoms with van der Waals surface area (Å²) >= 11 is 1.68. The van der Waals surface area contributed by atoms with Crippen molar-refractivity contribution in [2.45, 2.75) is 18.6 Å². The lowest BCUT2D eigenvalue weighted by Gasteiger charge is -2.32. The Hall–Kier alpha value is 0.230. The van der Waals surface area contributed by atoms with Crippen LogP contribution in [0, 0.1) is 0 Å². The minimum atomic E-state index is -0.561. The van der Waals surface area contributed by atoms with Gasteiger partial charge in [0, 0.05) is 31.4 Å². The van der Waals surface area contributed by atoms with Gasteiger partial charge in [-0.25, -0.2) is 0 Å². The molecule has 3 N–H and O–H groups in total. The Bertz CT molecular complexity index is 137. The highest BCUT2D eigenvalue weighted by atomic mass is 32.2. The molecule has 0 aromatic heterocycles. The molecule has 0 amide bonds. The van der Waals surface area contributed by atoms with Gasteiger partial charge >= 0.3 is 0 Å². The normalized spacial score (nSPS) is 23.2. The highest BCUT2D eigenvalue weighted by Crippen LogP contribution is 2.09. The molecular weight excluding hydrogens is 172 g/mol. The molecule has 1 rings (SSSR count). The molecule has 72 valence electrons. The van der Waals surface area contributed by atoms with Gasteiger partial charge in [-0.2, -0.15) is 11.8 Å². The third-order valence-corrected chi connectivity index (χ3v) is 2.92. The number of hydrogen-bond donors (Lipinski definition) is 3. The van der Waals surface area contributed by atoms with Crippen molar-refractivity contribution in [3.8, 4) is 0 Å². The molecule has 1 heterocycles. The van der Waals surface area contributed by atoms with E-state index < -0.39 is 5.60 Å². The summed E-state index contributed by atoms with van der Waals surface area (Å²) < 4.78 is 0. The molecule has 1 unspecified atom stereocenters. The molecule has 0 aromatic carbocycles. The standard InChI is InChI=1S/C8H18N2OS/c1-8(11,6-12-2)5-10-7-3-9-4-7/h7,9-11H,3-6H2,1-2H3. The van der Waals surface area contributed by atoms with Crippen molar-refractivity contribution in [2.24, 2.45) is 0 Å². The fourth-order valence-corrected chi connectivity index (χ4v) is 1.88. The van der Waals surface area contributed by atoms with Gasteiger partial charge in [0.1, 0.15) is 0 Å². The molecule has 1 atom stereocenters. The summed E-state index contributed by atoms with van der Waals surface area (Å²) in [6.07, 6.45) is 2.01. The van der Waals surface area contributed by atoms with Crippen molar-refractivity contribution in [3.63, 3.8) is 0 Å². The van der Waals surface area contributed by atoms with Crippen LogP contribution in [0.25, 0.3) is 0 Å². The maximum absolute atomic E-state index is 9.78. The highest BCUT2D eigenvalue weighted by molar-refractivity contribution is 7.98. The summed E-state index contributed by atoms with van der Waals surface area (Å²) in [5, 5.41) is 16.3. The minimum Gasteiger partial charge on any atom is -0.388 e. The van der Waals surface area contributed by atoms with Crippen LogP contribution in [0.1, 0.15) is 6.92 Å². The Morgan fingerprint density at radius 1 is 1.67 bits per heavy atom. The van der Waals surface area contributed by atoms with Gasteiger partial charge in [0.15, 0.2) is 0 Å². The van der Waals surface area contributed by atoms with Crippen LogP contribution < -0.4 is 10.6 Å². The fourth-order valence-electron chi connectivity index (χ4n) is 1.16. The van der Waals surface area contributed by atoms with Crippen molar-refractivity contribution in [1.82, 2.24) is 10.6 Å². The van der Waals surface area contributed by atoms with Crippen LogP contribution in [0.2, 0.25) is 0 Å². The van der Waals surface area contributed by atoms with Crippen molar-refractivity contribution in [1.29, 1.82) is 0 Å². The number of nitrogens with one attached hydrogen (secondary N) is 2. The molecular formula is C8H18N2OS. The van der Waals surface area contributed by atoms with Crippen LogP contribution in [0.3, 0.4) is 0 Å². The van der Waals surface area contributed by atoms with Gasteiger partial charge in [-0.05, 0) is 13.2 Å². The van der Waals surface area contributed by atoms with E-state index in [0.717, 1.165) is 18.8 Å². The Kier molecular flexibility index (Phi) is 3.83. The Morgan fingerprint density at radius 2 is 2.33 bits per heavy atom. The third-order valence-electron chi connectivity index (χ3n) is 2.01. The first-order valence-electron chi connectivity index (χ1n) is 4.29. The van der Waals surface area contributed by atoms with E-state index in [2.05, 4.69) is 10.6 Å². The van der Waals surface area contributed by atoms with Crippen molar-refractivity contribution >= 4 is 11.8 Å². The Morgan fingerprint density at radius 3 is 2.75 bits per heavy atom. The molecule has 0 aliphatic carbocycles. The van der Waals surface area contributed by atoms with E-state index in [1.807, 2.05) is 13.2 Å². The molecule has 0 saturated carbocycles. The summed E-state index contributed by atoms with van der Waals surface area (Å²) in [6.45, 7) is 4.65. The van der Waals surface area contributed by atoms with Gasteiger partial charge in [0.05, 0.1) is 5.60 Å². The number of aliphatic hydroxyl groups is 1. The van der Waals surface area contributed by atoms with Crippen molar-refractivity contribution in [2.75, 3.05) is 31.6 Å². The van der Waals surface area contributed by atoms with Gasteiger partial charge < -0.3 is 15.7 Å². The van der Waals surface area contributed by atoms with E-state index in [-0.39, 0.29) is 0 Å². The van der Waals surface area contributed by atoms with Gasteiger partial charge in [-0.1, -0.05) is 0 Å². The zero-order chi connectivity index (χ0) is 9.03. The second kappa shape index (κ2) is 4.46. The Balaban J connectivity index is 2.10. The second-order valence-corrected chi connectivity index (χ2v) is 4.53. The summed E-state index contributed by atoms with van der Waals surface area (Å²) in [6, 6.07) is 0.568.